The highest BCUT2D eigenvalue weighted by molar-refractivity contribution is 6.42. The molecule has 0 bridgehead atoms. The lowest BCUT2D eigenvalue weighted by molar-refractivity contribution is -0.117. The lowest BCUT2D eigenvalue weighted by atomic mass is 10.1. The molecule has 0 aromatic heterocycles. The summed E-state index contributed by atoms with van der Waals surface area (Å²) < 4.78 is 12.7. The fourth-order valence-corrected chi connectivity index (χ4v) is 1.59. The smallest absolute Gasteiger partial charge is 0.292 e. The van der Waals surface area contributed by atoms with Gasteiger partial charge in [-0.25, -0.2) is 4.39 Å². The average Bonchev–Trinajstić information content (AvgIpc) is 2.46. The van der Waals surface area contributed by atoms with Crippen LogP contribution in [0.3, 0.4) is 0 Å². The second-order valence-electron chi connectivity index (χ2n) is 4.00. The van der Waals surface area contributed by atoms with Crippen LogP contribution >= 0.6 is 0 Å². The number of halogens is 1. The number of hydrogen-bond donors (Lipinski definition) is 1. The Hall–Kier alpha value is -2.49. The van der Waals surface area contributed by atoms with E-state index in [1.54, 1.807) is 42.5 Å². The number of rotatable bonds is 4. The number of nitrogens with one attached hydrogen (secondary N) is 1. The Labute approximate surface area is 110 Å². The Morgan fingerprint density at radius 3 is 2.21 bits per heavy atom. The third kappa shape index (κ3) is 3.48. The van der Waals surface area contributed by atoms with Gasteiger partial charge in [0.25, 0.3) is 5.91 Å². The van der Waals surface area contributed by atoms with Crippen LogP contribution < -0.4 is 5.32 Å². The summed E-state index contributed by atoms with van der Waals surface area (Å²) in [4.78, 5) is 23.4. The molecule has 0 saturated carbocycles. The van der Waals surface area contributed by atoms with E-state index in [0.29, 0.717) is 5.56 Å². The van der Waals surface area contributed by atoms with Crippen LogP contribution in [0.4, 0.5) is 4.39 Å². The molecule has 19 heavy (non-hydrogen) atoms. The van der Waals surface area contributed by atoms with Gasteiger partial charge in [-0.2, -0.15) is 0 Å². The summed E-state index contributed by atoms with van der Waals surface area (Å²) in [5.41, 5.74) is 1.08. The molecule has 3 nitrogen and oxygen atoms in total. The molecule has 2 aromatic carbocycles. The molecular weight excluding hydrogens is 245 g/mol. The average molecular weight is 257 g/mol. The summed E-state index contributed by atoms with van der Waals surface area (Å²) in [7, 11) is 0. The zero-order valence-electron chi connectivity index (χ0n) is 10.1. The minimum Gasteiger partial charge on any atom is -0.345 e. The van der Waals surface area contributed by atoms with Gasteiger partial charge in [0.1, 0.15) is 5.82 Å². The van der Waals surface area contributed by atoms with Crippen LogP contribution in [0.25, 0.3) is 0 Å². The van der Waals surface area contributed by atoms with Crippen molar-refractivity contribution in [3.05, 3.63) is 71.5 Å². The van der Waals surface area contributed by atoms with Gasteiger partial charge >= 0.3 is 0 Å². The van der Waals surface area contributed by atoms with E-state index in [1.165, 1.54) is 12.1 Å². The lowest BCUT2D eigenvalue weighted by Gasteiger charge is -2.04. The molecule has 0 fully saturated rings. The number of ketones is 1. The van der Waals surface area contributed by atoms with E-state index in [0.717, 1.165) is 5.56 Å². The molecule has 0 unspecified atom stereocenters. The Balaban J connectivity index is 1.95. The predicted octanol–water partition coefficient (Wildman–Crippen LogP) is 2.32. The van der Waals surface area contributed by atoms with Gasteiger partial charge in [0.2, 0.25) is 5.78 Å². The molecule has 0 radical (unpaired) electrons. The summed E-state index contributed by atoms with van der Waals surface area (Å²) >= 11 is 0. The SMILES string of the molecule is O=C(NCc1ccc(F)cc1)C(=O)c1ccccc1. The van der Waals surface area contributed by atoms with Gasteiger partial charge < -0.3 is 5.32 Å². The number of carbonyl (C=O) groups is 2. The Bertz CT molecular complexity index is 579. The highest BCUT2D eigenvalue weighted by atomic mass is 19.1. The van der Waals surface area contributed by atoms with E-state index in [9.17, 15) is 14.0 Å². The van der Waals surface area contributed by atoms with E-state index >= 15 is 0 Å². The zero-order valence-corrected chi connectivity index (χ0v) is 10.1. The Morgan fingerprint density at radius 2 is 1.58 bits per heavy atom. The fourth-order valence-electron chi connectivity index (χ4n) is 1.59. The maximum absolute atomic E-state index is 12.7. The van der Waals surface area contributed by atoms with Crippen molar-refractivity contribution in [2.24, 2.45) is 0 Å². The van der Waals surface area contributed by atoms with Crippen molar-refractivity contribution in [1.29, 1.82) is 0 Å². The van der Waals surface area contributed by atoms with Gasteiger partial charge in [-0.3, -0.25) is 9.59 Å². The Morgan fingerprint density at radius 1 is 0.947 bits per heavy atom. The molecule has 0 aliphatic carbocycles. The van der Waals surface area contributed by atoms with Crippen LogP contribution in [0, 0.1) is 5.82 Å². The quantitative estimate of drug-likeness (QED) is 0.675. The first-order valence-corrected chi connectivity index (χ1v) is 5.79. The molecule has 0 spiro atoms. The summed E-state index contributed by atoms with van der Waals surface area (Å²) in [5, 5.41) is 2.51. The number of amides is 1. The molecule has 0 heterocycles. The van der Waals surface area contributed by atoms with Crippen molar-refractivity contribution in [2.45, 2.75) is 6.54 Å². The molecule has 0 aliphatic rings. The van der Waals surface area contributed by atoms with Crippen LogP contribution in [0.1, 0.15) is 15.9 Å². The fraction of sp³-hybridized carbons (Fsp3) is 0.0667. The third-order valence-corrected chi connectivity index (χ3v) is 2.61. The van der Waals surface area contributed by atoms with Crippen LogP contribution in [-0.4, -0.2) is 11.7 Å². The predicted molar refractivity (Wildman–Crippen MR) is 69.0 cm³/mol. The third-order valence-electron chi connectivity index (χ3n) is 2.61. The van der Waals surface area contributed by atoms with Crippen LogP contribution in [0.2, 0.25) is 0 Å². The van der Waals surface area contributed by atoms with E-state index in [-0.39, 0.29) is 12.4 Å². The summed E-state index contributed by atoms with van der Waals surface area (Å²) in [5.74, 6) is -1.59. The van der Waals surface area contributed by atoms with Crippen molar-refractivity contribution in [1.82, 2.24) is 5.32 Å². The molecule has 4 heteroatoms. The van der Waals surface area contributed by atoms with Gasteiger partial charge in [0.15, 0.2) is 0 Å². The first-order valence-electron chi connectivity index (χ1n) is 5.79. The number of Topliss-reactive ketones (excluding diaryl/α,β-unsaturated/α-hetero) is 1. The maximum Gasteiger partial charge on any atom is 0.292 e. The molecule has 0 aliphatic heterocycles. The topological polar surface area (TPSA) is 46.2 Å². The standard InChI is InChI=1S/C15H12FNO2/c16-13-8-6-11(7-9-13)10-17-15(19)14(18)12-4-2-1-3-5-12/h1-9H,10H2,(H,17,19). The molecule has 1 amide bonds. The van der Waals surface area contributed by atoms with Crippen LogP contribution in [-0.2, 0) is 11.3 Å². The van der Waals surface area contributed by atoms with E-state index in [1.807, 2.05) is 0 Å². The first kappa shape index (κ1) is 13.0. The number of hydrogen-bond acceptors (Lipinski definition) is 2. The van der Waals surface area contributed by atoms with Gasteiger partial charge in [0.05, 0.1) is 0 Å². The van der Waals surface area contributed by atoms with E-state index < -0.39 is 11.7 Å². The molecule has 0 saturated heterocycles. The zero-order chi connectivity index (χ0) is 13.7. The lowest BCUT2D eigenvalue weighted by Crippen LogP contribution is -2.30. The molecule has 2 aromatic rings. The number of carbonyl (C=O) groups excluding carboxylic acids is 2. The Kier molecular flexibility index (Phi) is 4.03. The summed E-state index contributed by atoms with van der Waals surface area (Å²) in [6.07, 6.45) is 0. The normalized spacial score (nSPS) is 9.95. The van der Waals surface area contributed by atoms with Crippen LogP contribution in [0.15, 0.2) is 54.6 Å². The van der Waals surface area contributed by atoms with Gasteiger partial charge in [-0.1, -0.05) is 42.5 Å². The second kappa shape index (κ2) is 5.91. The van der Waals surface area contributed by atoms with Crippen molar-refractivity contribution in [3.63, 3.8) is 0 Å². The van der Waals surface area contributed by atoms with E-state index in [4.69, 9.17) is 0 Å². The maximum atomic E-state index is 12.7. The second-order valence-corrected chi connectivity index (χ2v) is 4.00. The van der Waals surface area contributed by atoms with Gasteiger partial charge in [-0.15, -0.1) is 0 Å². The van der Waals surface area contributed by atoms with Crippen molar-refractivity contribution >= 4 is 11.7 Å². The summed E-state index contributed by atoms with van der Waals surface area (Å²) in [6, 6.07) is 14.1. The molecule has 1 N–H and O–H groups in total. The number of benzene rings is 2. The minimum absolute atomic E-state index is 0.192. The van der Waals surface area contributed by atoms with Crippen LogP contribution in [0.5, 0.6) is 0 Å². The largest absolute Gasteiger partial charge is 0.345 e. The monoisotopic (exact) mass is 257 g/mol. The van der Waals surface area contributed by atoms with Gasteiger partial charge in [-0.05, 0) is 17.7 Å². The molecule has 96 valence electrons. The van der Waals surface area contributed by atoms with Gasteiger partial charge in [0, 0.05) is 12.1 Å². The minimum atomic E-state index is -0.671. The van der Waals surface area contributed by atoms with Crippen molar-refractivity contribution in [3.8, 4) is 0 Å². The highest BCUT2D eigenvalue weighted by Gasteiger charge is 2.14. The molecular formula is C15H12FNO2. The summed E-state index contributed by atoms with van der Waals surface area (Å²) in [6.45, 7) is 0.192. The first-order chi connectivity index (χ1) is 9.16. The highest BCUT2D eigenvalue weighted by Crippen LogP contribution is 2.03. The molecule has 0 atom stereocenters. The van der Waals surface area contributed by atoms with E-state index in [2.05, 4.69) is 5.32 Å². The van der Waals surface area contributed by atoms with Crippen molar-refractivity contribution < 1.29 is 14.0 Å². The molecule has 2 rings (SSSR count). The van der Waals surface area contributed by atoms with Crippen molar-refractivity contribution in [2.75, 3.05) is 0 Å².